The summed E-state index contributed by atoms with van der Waals surface area (Å²) in [7, 11) is 0. The van der Waals surface area contributed by atoms with Gasteiger partial charge in [-0.25, -0.2) is 0 Å². The summed E-state index contributed by atoms with van der Waals surface area (Å²) in [6.45, 7) is 0. The Morgan fingerprint density at radius 1 is 0.230 bits per heavy atom. The Kier molecular flexibility index (Phi) is 9.77. The Bertz CT molecular complexity index is 4330. The molecule has 15 rings (SSSR count). The molecule has 12 aromatic carbocycles. The number of benzene rings is 12. The van der Waals surface area contributed by atoms with E-state index in [9.17, 15) is 0 Å². The molecule has 1 heterocycles. The highest BCUT2D eigenvalue weighted by atomic mass is 32.1. The predicted molar refractivity (Wildman–Crippen MR) is 314 cm³/mol. The molecule has 344 valence electrons. The van der Waals surface area contributed by atoms with Gasteiger partial charge in [-0.2, -0.15) is 0 Å². The van der Waals surface area contributed by atoms with E-state index in [4.69, 9.17) is 0 Å². The van der Waals surface area contributed by atoms with Crippen molar-refractivity contribution in [2.45, 2.75) is 5.41 Å². The van der Waals surface area contributed by atoms with Crippen LogP contribution in [0.3, 0.4) is 0 Å². The maximum absolute atomic E-state index is 2.39. The van der Waals surface area contributed by atoms with Gasteiger partial charge >= 0.3 is 0 Å². The van der Waals surface area contributed by atoms with Crippen molar-refractivity contribution in [1.29, 1.82) is 0 Å². The fourth-order valence-electron chi connectivity index (χ4n) is 12.7. The van der Waals surface area contributed by atoms with Crippen LogP contribution in [0.5, 0.6) is 0 Å². The van der Waals surface area contributed by atoms with Crippen molar-refractivity contribution >= 4 is 31.5 Å². The van der Waals surface area contributed by atoms with Gasteiger partial charge in [0.15, 0.2) is 0 Å². The predicted octanol–water partition coefficient (Wildman–Crippen LogP) is 20.1. The van der Waals surface area contributed by atoms with Crippen molar-refractivity contribution in [3.8, 4) is 100 Å². The molecule has 0 radical (unpaired) electrons. The largest absolute Gasteiger partial charge is 0.135 e. The molecule has 1 spiro atoms. The van der Waals surface area contributed by atoms with Crippen molar-refractivity contribution < 1.29 is 0 Å². The van der Waals surface area contributed by atoms with Crippen molar-refractivity contribution in [1.82, 2.24) is 0 Å². The van der Waals surface area contributed by atoms with Crippen LogP contribution < -0.4 is 0 Å². The normalized spacial score (nSPS) is 12.7. The third-order valence-corrected chi connectivity index (χ3v) is 17.1. The molecule has 13 aromatic rings. The Morgan fingerprint density at radius 3 is 1.14 bits per heavy atom. The average Bonchev–Trinajstić information content (AvgIpc) is 4.15. The van der Waals surface area contributed by atoms with E-state index in [0.717, 1.165) is 0 Å². The highest BCUT2D eigenvalue weighted by molar-refractivity contribution is 7.26. The molecule has 0 fully saturated rings. The van der Waals surface area contributed by atoms with Gasteiger partial charge in [0.1, 0.15) is 0 Å². The number of hydrogen-bond acceptors (Lipinski definition) is 1. The molecule has 0 nitrogen and oxygen atoms in total. The van der Waals surface area contributed by atoms with E-state index in [2.05, 4.69) is 279 Å². The van der Waals surface area contributed by atoms with Gasteiger partial charge in [-0.1, -0.05) is 243 Å². The fourth-order valence-corrected chi connectivity index (χ4v) is 13.9. The molecule has 2 aliphatic carbocycles. The van der Waals surface area contributed by atoms with Gasteiger partial charge in [-0.15, -0.1) is 11.3 Å². The van der Waals surface area contributed by atoms with E-state index in [1.807, 2.05) is 11.3 Å². The topological polar surface area (TPSA) is 0 Å². The van der Waals surface area contributed by atoms with E-state index < -0.39 is 0 Å². The molecule has 1 heteroatoms. The minimum atomic E-state index is -0.369. The van der Waals surface area contributed by atoms with Crippen molar-refractivity contribution in [3.05, 3.63) is 301 Å². The number of fused-ring (bicyclic) bond motifs is 13. The molecule has 0 bridgehead atoms. The van der Waals surface area contributed by atoms with Crippen LogP contribution in [0.15, 0.2) is 279 Å². The van der Waals surface area contributed by atoms with Crippen LogP contribution in [0.1, 0.15) is 22.3 Å². The van der Waals surface area contributed by atoms with Gasteiger partial charge in [0.2, 0.25) is 0 Å². The molecule has 0 saturated heterocycles. The van der Waals surface area contributed by atoms with Crippen LogP contribution in [0.25, 0.3) is 120 Å². The Labute approximate surface area is 435 Å². The number of thiophene rings is 1. The fraction of sp³-hybridized carbons (Fsp3) is 0.0137. The van der Waals surface area contributed by atoms with Crippen molar-refractivity contribution in [3.63, 3.8) is 0 Å². The average molecular weight is 955 g/mol. The summed E-state index contributed by atoms with van der Waals surface area (Å²) in [5.41, 5.74) is 27.5. The molecule has 1 aromatic heterocycles. The first-order valence-electron chi connectivity index (χ1n) is 25.6. The van der Waals surface area contributed by atoms with Gasteiger partial charge < -0.3 is 0 Å². The quantitative estimate of drug-likeness (QED) is 0.149. The lowest BCUT2D eigenvalue weighted by molar-refractivity contribution is 0.794. The zero-order chi connectivity index (χ0) is 48.7. The van der Waals surface area contributed by atoms with E-state index in [1.54, 1.807) is 0 Å². The molecular formula is C73H46S. The third kappa shape index (κ3) is 6.53. The molecule has 0 atom stereocenters. The summed E-state index contributed by atoms with van der Waals surface area (Å²) in [6.07, 6.45) is 0. The maximum atomic E-state index is 2.39. The molecule has 74 heavy (non-hydrogen) atoms. The molecule has 0 N–H and O–H groups in total. The minimum Gasteiger partial charge on any atom is -0.135 e. The van der Waals surface area contributed by atoms with Gasteiger partial charge in [-0.3, -0.25) is 0 Å². The van der Waals surface area contributed by atoms with Gasteiger partial charge in [0.25, 0.3) is 0 Å². The molecule has 0 amide bonds. The lowest BCUT2D eigenvalue weighted by atomic mass is 9.70. The van der Waals surface area contributed by atoms with Gasteiger partial charge in [-0.05, 0) is 159 Å². The molecule has 0 saturated carbocycles. The van der Waals surface area contributed by atoms with Gasteiger partial charge in [0, 0.05) is 20.2 Å². The summed E-state index contributed by atoms with van der Waals surface area (Å²) in [5.74, 6) is 0. The number of hydrogen-bond donors (Lipinski definition) is 0. The first-order chi connectivity index (χ1) is 36.7. The molecule has 0 aliphatic heterocycles. The lowest BCUT2D eigenvalue weighted by Gasteiger charge is -2.30. The monoisotopic (exact) mass is 954 g/mol. The molecule has 0 unspecified atom stereocenters. The summed E-state index contributed by atoms with van der Waals surface area (Å²) in [6, 6.07) is 104. The lowest BCUT2D eigenvalue weighted by Crippen LogP contribution is -2.25. The van der Waals surface area contributed by atoms with Crippen LogP contribution in [-0.4, -0.2) is 0 Å². The van der Waals surface area contributed by atoms with E-state index in [0.29, 0.717) is 0 Å². The highest BCUT2D eigenvalue weighted by Crippen LogP contribution is 2.64. The second-order valence-corrected chi connectivity index (χ2v) is 20.9. The second-order valence-electron chi connectivity index (χ2n) is 19.8. The zero-order valence-corrected chi connectivity index (χ0v) is 41.3. The Morgan fingerprint density at radius 2 is 0.581 bits per heavy atom. The van der Waals surface area contributed by atoms with E-state index in [-0.39, 0.29) is 5.41 Å². The molecular weight excluding hydrogens is 909 g/mol. The van der Waals surface area contributed by atoms with Crippen LogP contribution in [0.4, 0.5) is 0 Å². The van der Waals surface area contributed by atoms with Crippen molar-refractivity contribution in [2.24, 2.45) is 0 Å². The highest BCUT2D eigenvalue weighted by Gasteiger charge is 2.52. The SMILES string of the molecule is c1ccc(-c2cccc3c2sc2cccc(-c4cccc(-c5cccc(-c6cccc(-c7cccc(-c8cccc(-c9cccc%10c9-c9ccccc9C%109c%10ccccc%10-c%10ccccc%109)c8)c7)c6)c5)c4)c23)cc1. The first-order valence-corrected chi connectivity index (χ1v) is 26.5. The summed E-state index contributed by atoms with van der Waals surface area (Å²) < 4.78 is 2.64. The summed E-state index contributed by atoms with van der Waals surface area (Å²) in [4.78, 5) is 0. The van der Waals surface area contributed by atoms with Crippen LogP contribution in [0, 0.1) is 0 Å². The Balaban J connectivity index is 0.754. The first kappa shape index (κ1) is 42.5. The third-order valence-electron chi connectivity index (χ3n) is 15.9. The molecule has 2 aliphatic rings. The summed E-state index contributed by atoms with van der Waals surface area (Å²) >= 11 is 1.89. The standard InChI is InChI=1S/C73H46S/c1-2-18-47(19-3-1)60-35-15-36-64-71-59(34-17-41-69(71)74-72(60)64)57-29-14-27-55(46-57)53-25-12-23-51(44-53)49-21-10-20-48(42-49)50-22-11-24-52(43-50)54-26-13-28-56(45-54)58-33-16-40-68-70(58)63-32-6-9-39-67(63)73(68)65-37-7-4-30-61(65)62-31-5-8-38-66(62)73/h1-46H. The van der Waals surface area contributed by atoms with E-state index in [1.165, 1.54) is 143 Å². The van der Waals surface area contributed by atoms with Gasteiger partial charge in [0.05, 0.1) is 5.41 Å². The smallest absolute Gasteiger partial charge is 0.0725 e. The van der Waals surface area contributed by atoms with Crippen molar-refractivity contribution in [2.75, 3.05) is 0 Å². The second kappa shape index (κ2) is 17.0. The van der Waals surface area contributed by atoms with Crippen LogP contribution in [-0.2, 0) is 5.41 Å². The van der Waals surface area contributed by atoms with Crippen LogP contribution in [0.2, 0.25) is 0 Å². The Hall–Kier alpha value is -9.14. The van der Waals surface area contributed by atoms with Crippen LogP contribution >= 0.6 is 11.3 Å². The minimum absolute atomic E-state index is 0.369. The number of rotatable bonds is 7. The summed E-state index contributed by atoms with van der Waals surface area (Å²) in [5, 5.41) is 2.64. The maximum Gasteiger partial charge on any atom is 0.0725 e. The van der Waals surface area contributed by atoms with E-state index >= 15 is 0 Å². The zero-order valence-electron chi connectivity index (χ0n) is 40.5.